The molecule has 0 atom stereocenters. The van der Waals surface area contributed by atoms with Gasteiger partial charge in [-0.3, -0.25) is 0 Å². The van der Waals surface area contributed by atoms with Crippen LogP contribution in [0.3, 0.4) is 0 Å². The van der Waals surface area contributed by atoms with E-state index >= 15 is 0 Å². The molecule has 0 amide bonds. The number of anilines is 6. The van der Waals surface area contributed by atoms with E-state index in [1.54, 1.807) is 24.3 Å². The van der Waals surface area contributed by atoms with E-state index in [-0.39, 0.29) is 67.6 Å². The molecule has 0 saturated heterocycles. The summed E-state index contributed by atoms with van der Waals surface area (Å²) < 4.78 is 165. The number of rotatable bonds is 16. The fourth-order valence-electron chi connectivity index (χ4n) is 19.5. The third kappa shape index (κ3) is 18.6. The van der Waals surface area contributed by atoms with E-state index in [1.165, 1.54) is 0 Å². The molecule has 0 N–H and O–H groups in total. The van der Waals surface area contributed by atoms with E-state index in [4.69, 9.17) is 0 Å². The molecule has 15 aromatic rings. The molecule has 0 spiro atoms. The van der Waals surface area contributed by atoms with Crippen molar-refractivity contribution < 1.29 is 21.9 Å². The topological polar surface area (TPSA) is 16.3 Å². The Morgan fingerprint density at radius 3 is 0.921 bits per heavy atom. The maximum atomic E-state index is 10.9. The molecule has 4 heterocycles. The Morgan fingerprint density at radius 2 is 0.598 bits per heavy atom. The first-order valence-corrected chi connectivity index (χ1v) is 45.8. The highest BCUT2D eigenvalue weighted by atomic mass is 15.2. The van der Waals surface area contributed by atoms with Crippen LogP contribution < -0.4 is 26.2 Å². The molecule has 0 bridgehead atoms. The van der Waals surface area contributed by atoms with Gasteiger partial charge in [-0.25, -0.2) is 0 Å². The second-order valence-electron chi connectivity index (χ2n) is 46.4. The third-order valence-corrected chi connectivity index (χ3v) is 23.9. The van der Waals surface area contributed by atoms with E-state index in [2.05, 4.69) is 271 Å². The van der Waals surface area contributed by atoms with Gasteiger partial charge < -0.3 is 18.9 Å². The van der Waals surface area contributed by atoms with Crippen molar-refractivity contribution in [2.45, 2.75) is 244 Å². The summed E-state index contributed by atoms with van der Waals surface area (Å²) >= 11 is 0. The van der Waals surface area contributed by atoms with Crippen LogP contribution in [0.1, 0.15) is 259 Å². The van der Waals surface area contributed by atoms with Crippen molar-refractivity contribution in [2.75, 3.05) is 9.80 Å². The highest BCUT2D eigenvalue weighted by Gasteiger charge is 2.46. The quantitative estimate of drug-likeness (QED) is 0.0897. The van der Waals surface area contributed by atoms with Gasteiger partial charge in [-0.05, 0) is 297 Å². The van der Waals surface area contributed by atoms with Gasteiger partial charge in [0.05, 0.1) is 44.4 Å². The summed E-state index contributed by atoms with van der Waals surface area (Å²) in [4.78, 5) is 4.77. The summed E-state index contributed by atoms with van der Waals surface area (Å²) in [6.45, 7) is 55.6. The highest BCUT2D eigenvalue weighted by Crippen LogP contribution is 2.55. The van der Waals surface area contributed by atoms with Crippen LogP contribution in [0.4, 0.5) is 34.1 Å². The Morgan fingerprint density at radius 1 is 0.268 bits per heavy atom. The Balaban J connectivity index is 1.12. The van der Waals surface area contributed by atoms with Crippen LogP contribution in [0.25, 0.3) is 99.5 Å². The summed E-state index contributed by atoms with van der Waals surface area (Å²) in [7, 11) is 0. The van der Waals surface area contributed by atoms with Crippen molar-refractivity contribution in [3.63, 3.8) is 0 Å². The Bertz CT molecular complexity index is 7270. The van der Waals surface area contributed by atoms with E-state index in [1.807, 2.05) is 116 Å². The third-order valence-electron chi connectivity index (χ3n) is 23.9. The molecule has 0 radical (unpaired) electrons. The second kappa shape index (κ2) is 32.1. The van der Waals surface area contributed by atoms with Gasteiger partial charge in [-0.2, -0.15) is 0 Å². The van der Waals surface area contributed by atoms with Crippen LogP contribution in [0, 0.1) is 43.3 Å². The lowest BCUT2D eigenvalue weighted by molar-refractivity contribution is 0.410. The molecule has 2 aliphatic heterocycles. The highest BCUT2D eigenvalue weighted by molar-refractivity contribution is 7.00. The lowest BCUT2D eigenvalue weighted by atomic mass is 9.33. The van der Waals surface area contributed by atoms with Crippen molar-refractivity contribution in [1.29, 1.82) is 0 Å². The lowest BCUT2D eigenvalue weighted by Crippen LogP contribution is -2.61. The first-order chi connectivity index (χ1) is 65.9. The van der Waals surface area contributed by atoms with Crippen LogP contribution in [-0.4, -0.2) is 15.8 Å². The van der Waals surface area contributed by atoms with Crippen LogP contribution in [0.2, 0.25) is 0 Å². The molecule has 650 valence electrons. The molecule has 0 saturated carbocycles. The average molecular weight is 1690 g/mol. The largest absolute Gasteiger partial charge is 0.311 e. The van der Waals surface area contributed by atoms with Crippen molar-refractivity contribution in [3.05, 3.63) is 305 Å². The summed E-state index contributed by atoms with van der Waals surface area (Å²) in [6.07, 6.45) is -5.03. The van der Waals surface area contributed by atoms with Gasteiger partial charge in [0.2, 0.25) is 0 Å². The van der Waals surface area contributed by atoms with E-state index in [9.17, 15) is 21.9 Å². The summed E-state index contributed by atoms with van der Waals surface area (Å²) in [5, 5.41) is 1.31. The minimum absolute atomic E-state index is 0.143. The molecule has 0 fully saturated rings. The number of hydrogen-bond donors (Lipinski definition) is 0. The molecule has 127 heavy (non-hydrogen) atoms. The summed E-state index contributed by atoms with van der Waals surface area (Å²) in [6, 6.07) is 68.4. The van der Waals surface area contributed by atoms with Crippen molar-refractivity contribution in [3.8, 4) is 55.9 Å². The SMILES string of the molecule is [2H]c1c([2H])c([2H])c2c(c1[2H])c1cc(C([2H])([2H])C(C)(C)C)ccc1n2-c1ccc2c(c1)N(c1cc(-c3cccc(CC(C)(C)C)c3)c(C([2H])([2H])C(C)(C)C)cc1-c1cccc(CC(C)(C)C)c1)c1cc(C(C)(C)C)cc3c1B2c1ccc(-n2c4ccc(C([2H])([2H])C(C)(C)C)cc4c4c([2H])c([2H])c([2H])c([2H])c42)cc1N3c1cc(-c2cccc(CC(C)(C)C)c2)c(C([2H])([2H])C(C)(C)C)cc1-c1cccc(CC(C)(C)C)c1. The molecule has 0 aliphatic carbocycles. The zero-order chi connectivity index (χ0) is 105. The van der Waals surface area contributed by atoms with Gasteiger partial charge in [-0.15, -0.1) is 0 Å². The number of aromatic nitrogens is 2. The molecule has 4 nitrogen and oxygen atoms in total. The fourth-order valence-corrected chi connectivity index (χ4v) is 19.5. The molecule has 2 aliphatic rings. The van der Waals surface area contributed by atoms with Crippen molar-refractivity contribution in [2.24, 2.45) is 43.3 Å². The molecule has 13 aromatic carbocycles. The number of hydrogen-bond acceptors (Lipinski definition) is 2. The van der Waals surface area contributed by atoms with Gasteiger partial charge in [-0.1, -0.05) is 345 Å². The Hall–Kier alpha value is -10.9. The second-order valence-corrected chi connectivity index (χ2v) is 46.4. The van der Waals surface area contributed by atoms with Crippen LogP contribution in [0.15, 0.2) is 255 Å². The first-order valence-electron chi connectivity index (χ1n) is 53.8. The average Bonchev–Trinajstić information content (AvgIpc) is 1.05. The van der Waals surface area contributed by atoms with Crippen LogP contribution in [-0.2, 0) is 56.6 Å². The number of para-hydroxylation sites is 2. The summed E-state index contributed by atoms with van der Waals surface area (Å²) in [5.74, 6) is 0. The monoisotopic (exact) mass is 1690 g/mol. The normalized spacial score (nSPS) is 15.9. The predicted molar refractivity (Wildman–Crippen MR) is 555 cm³/mol. The Kier molecular flexibility index (Phi) is 17.7. The van der Waals surface area contributed by atoms with Gasteiger partial charge >= 0.3 is 0 Å². The van der Waals surface area contributed by atoms with Crippen molar-refractivity contribution >= 4 is 101 Å². The molecule has 0 unspecified atom stereocenters. The van der Waals surface area contributed by atoms with Gasteiger partial charge in [0.15, 0.2) is 0 Å². The smallest absolute Gasteiger partial charge is 0.252 e. The number of benzene rings is 13. The minimum Gasteiger partial charge on any atom is -0.311 e. The molecule has 2 aromatic heterocycles. The predicted octanol–water partition coefficient (Wildman–Crippen LogP) is 32.6. The first kappa shape index (κ1) is 70.1. The van der Waals surface area contributed by atoms with E-state index < -0.39 is 83.4 Å². The van der Waals surface area contributed by atoms with Gasteiger partial charge in [0.25, 0.3) is 6.71 Å². The van der Waals surface area contributed by atoms with Crippen LogP contribution >= 0.6 is 0 Å². The molecule has 17 rings (SSSR count). The number of fused-ring (bicyclic) bond motifs is 10. The Labute approximate surface area is 784 Å². The van der Waals surface area contributed by atoms with Crippen LogP contribution in [0.5, 0.6) is 0 Å². The zero-order valence-corrected chi connectivity index (χ0v) is 80.3. The maximum absolute atomic E-state index is 10.9. The lowest BCUT2D eigenvalue weighted by Gasteiger charge is -2.46. The fraction of sp³-hybridized carbons (Fsp3) is 0.361. The van der Waals surface area contributed by atoms with Gasteiger partial charge in [0, 0.05) is 77.8 Å². The van der Waals surface area contributed by atoms with Gasteiger partial charge in [0.1, 0.15) is 0 Å². The zero-order valence-electron chi connectivity index (χ0n) is 96.3. The number of nitrogens with zero attached hydrogens (tertiary/aromatic N) is 4. The molecule has 5 heteroatoms. The minimum atomic E-state index is -2.02. The van der Waals surface area contributed by atoms with Crippen molar-refractivity contribution in [1.82, 2.24) is 9.13 Å². The summed E-state index contributed by atoms with van der Waals surface area (Å²) in [5.41, 5.74) is 16.9. The molecular weight excluding hydrogens is 1530 g/mol. The molecular formula is C122H139BN4. The van der Waals surface area contributed by atoms with E-state index in [0.29, 0.717) is 102 Å². The van der Waals surface area contributed by atoms with E-state index in [0.717, 1.165) is 102 Å². The maximum Gasteiger partial charge on any atom is 0.252 e. The standard InChI is InChI=1S/C122H139BN4/c1-114(2,3)70-78-36-32-40-84(56-78)95-68-107(97(62-88(95)76-120(19,20)21)86-42-34-38-80(58-86)72-116(7,8)9)126-109-66-91(124-103-46-30-28-44-93(103)99-60-82(48-54-105(99)124)74-118(13,14)15)50-52-101(109)123-102-53-51-92(125-104-47-31-29-45-94(104)100-61-83(49-55-106(100)125)75-119(16,17)18)67-110(102)127(112-65-90(122(25,26)27)64-111(126)113(112)123)108-69-96(85-41-33-37-79(57-85)71-115(4,5)6)89(77-121(22,23)24)63-98(108)87-43-35-39-81(59-87)73-117(10,11)12/h28-69H,70-77H2,1-27H3/i28D,29D,30D,31D,44D,45D,46D,47D,74D2,75D2,76D2,77D2.